The van der Waals surface area contributed by atoms with Gasteiger partial charge < -0.3 is 10.5 Å². The fourth-order valence-electron chi connectivity index (χ4n) is 1.03. The molecule has 0 amide bonds. The summed E-state index contributed by atoms with van der Waals surface area (Å²) in [4.78, 5) is 4.03. The number of hydrogen-bond donors (Lipinski definition) is 1. The molecule has 0 aromatic carbocycles. The highest BCUT2D eigenvalue weighted by molar-refractivity contribution is 5.39. The molecule has 1 rings (SSSR count). The van der Waals surface area contributed by atoms with E-state index in [2.05, 4.69) is 11.9 Å². The molecule has 0 aliphatic rings. The van der Waals surface area contributed by atoms with Gasteiger partial charge in [-0.3, -0.25) is 0 Å². The molecule has 1 aromatic rings. The third-order valence-corrected chi connectivity index (χ3v) is 1.76. The molecule has 0 spiro atoms. The number of hydrogen-bond acceptors (Lipinski definition) is 3. The number of nitrogens with zero attached hydrogens (tertiary/aromatic N) is 1. The summed E-state index contributed by atoms with van der Waals surface area (Å²) in [5.41, 5.74) is 6.26. The molecule has 2 N–H and O–H groups in total. The van der Waals surface area contributed by atoms with Crippen LogP contribution in [0.2, 0.25) is 0 Å². The van der Waals surface area contributed by atoms with Crippen molar-refractivity contribution in [1.82, 2.24) is 4.98 Å². The summed E-state index contributed by atoms with van der Waals surface area (Å²) in [6, 6.07) is 3.49. The van der Waals surface area contributed by atoms with Crippen LogP contribution in [-0.4, -0.2) is 11.6 Å². The highest BCUT2D eigenvalue weighted by Crippen LogP contribution is 2.10. The Bertz CT molecular complexity index is 250. The summed E-state index contributed by atoms with van der Waals surface area (Å²) in [6.45, 7) is 2.89. The van der Waals surface area contributed by atoms with E-state index in [-0.39, 0.29) is 0 Å². The number of nitrogens with two attached hydrogens (primary N) is 1. The third kappa shape index (κ3) is 3.78. The van der Waals surface area contributed by atoms with E-state index in [1.54, 1.807) is 18.3 Å². The standard InChI is InChI=1S/C10H16N2O/c1-2-3-4-7-13-10-8-9(11)5-6-12-10/h5-6,8H,2-4,7H2,1H3,(H2,11,12). The Labute approximate surface area is 78.9 Å². The third-order valence-electron chi connectivity index (χ3n) is 1.76. The molecular weight excluding hydrogens is 164 g/mol. The zero-order valence-corrected chi connectivity index (χ0v) is 7.99. The molecule has 0 radical (unpaired) electrons. The van der Waals surface area contributed by atoms with Gasteiger partial charge in [-0.15, -0.1) is 0 Å². The lowest BCUT2D eigenvalue weighted by atomic mass is 10.3. The molecule has 13 heavy (non-hydrogen) atoms. The summed E-state index contributed by atoms with van der Waals surface area (Å²) in [5.74, 6) is 0.621. The first-order valence-corrected chi connectivity index (χ1v) is 4.67. The van der Waals surface area contributed by atoms with Crippen LogP contribution in [-0.2, 0) is 0 Å². The van der Waals surface area contributed by atoms with Crippen molar-refractivity contribution in [2.45, 2.75) is 26.2 Å². The van der Waals surface area contributed by atoms with Crippen LogP contribution in [0.15, 0.2) is 18.3 Å². The molecule has 1 aromatic heterocycles. The lowest BCUT2D eigenvalue weighted by Gasteiger charge is -2.04. The van der Waals surface area contributed by atoms with Crippen LogP contribution in [0.4, 0.5) is 5.69 Å². The molecular formula is C10H16N2O. The Hall–Kier alpha value is -1.25. The molecule has 0 aliphatic carbocycles. The second-order valence-corrected chi connectivity index (χ2v) is 2.98. The number of aromatic nitrogens is 1. The van der Waals surface area contributed by atoms with Crippen molar-refractivity contribution >= 4 is 5.69 Å². The number of nitrogen functional groups attached to an aromatic ring is 1. The Balaban J connectivity index is 2.28. The van der Waals surface area contributed by atoms with Gasteiger partial charge in [0.05, 0.1) is 6.61 Å². The minimum absolute atomic E-state index is 0.621. The van der Waals surface area contributed by atoms with Crippen molar-refractivity contribution in [2.75, 3.05) is 12.3 Å². The lowest BCUT2D eigenvalue weighted by Crippen LogP contribution is -1.99. The summed E-state index contributed by atoms with van der Waals surface area (Å²) >= 11 is 0. The van der Waals surface area contributed by atoms with Gasteiger partial charge in [0.15, 0.2) is 0 Å². The first-order valence-electron chi connectivity index (χ1n) is 4.67. The molecule has 0 saturated heterocycles. The fourth-order valence-corrected chi connectivity index (χ4v) is 1.03. The minimum Gasteiger partial charge on any atom is -0.478 e. The summed E-state index contributed by atoms with van der Waals surface area (Å²) in [6.07, 6.45) is 5.13. The van der Waals surface area contributed by atoms with E-state index in [4.69, 9.17) is 10.5 Å². The predicted octanol–water partition coefficient (Wildman–Crippen LogP) is 2.23. The van der Waals surface area contributed by atoms with Crippen LogP contribution in [0, 0.1) is 0 Å². The van der Waals surface area contributed by atoms with Gasteiger partial charge in [-0.1, -0.05) is 19.8 Å². The van der Waals surface area contributed by atoms with Gasteiger partial charge in [0, 0.05) is 18.0 Å². The van der Waals surface area contributed by atoms with E-state index in [9.17, 15) is 0 Å². The van der Waals surface area contributed by atoms with E-state index in [1.165, 1.54) is 12.8 Å². The predicted molar refractivity (Wildman–Crippen MR) is 53.7 cm³/mol. The molecule has 0 unspecified atom stereocenters. The van der Waals surface area contributed by atoms with Gasteiger partial charge in [0.25, 0.3) is 0 Å². The van der Waals surface area contributed by atoms with E-state index < -0.39 is 0 Å². The van der Waals surface area contributed by atoms with Crippen LogP contribution < -0.4 is 10.5 Å². The fraction of sp³-hybridized carbons (Fsp3) is 0.500. The zero-order valence-electron chi connectivity index (χ0n) is 7.99. The molecule has 0 saturated carbocycles. The first-order chi connectivity index (χ1) is 6.33. The topological polar surface area (TPSA) is 48.1 Å². The molecule has 72 valence electrons. The molecule has 1 heterocycles. The second kappa shape index (κ2) is 5.41. The number of ether oxygens (including phenoxy) is 1. The minimum atomic E-state index is 0.621. The van der Waals surface area contributed by atoms with Gasteiger partial charge in [-0.05, 0) is 12.5 Å². The van der Waals surface area contributed by atoms with E-state index in [0.717, 1.165) is 13.0 Å². The quantitative estimate of drug-likeness (QED) is 0.707. The Morgan fingerprint density at radius 2 is 2.31 bits per heavy atom. The largest absolute Gasteiger partial charge is 0.478 e. The van der Waals surface area contributed by atoms with Crippen molar-refractivity contribution in [3.63, 3.8) is 0 Å². The SMILES string of the molecule is CCCCCOc1cc(N)ccn1. The molecule has 0 fully saturated rings. The normalized spacial score (nSPS) is 9.92. The van der Waals surface area contributed by atoms with Crippen LogP contribution in [0.3, 0.4) is 0 Å². The first kappa shape index (κ1) is 9.84. The Morgan fingerprint density at radius 3 is 3.00 bits per heavy atom. The van der Waals surface area contributed by atoms with Gasteiger partial charge >= 0.3 is 0 Å². The van der Waals surface area contributed by atoms with Crippen molar-refractivity contribution in [2.24, 2.45) is 0 Å². The van der Waals surface area contributed by atoms with Crippen molar-refractivity contribution in [1.29, 1.82) is 0 Å². The molecule has 3 nitrogen and oxygen atoms in total. The summed E-state index contributed by atoms with van der Waals surface area (Å²) in [7, 11) is 0. The van der Waals surface area contributed by atoms with Crippen LogP contribution in [0.1, 0.15) is 26.2 Å². The van der Waals surface area contributed by atoms with Crippen molar-refractivity contribution < 1.29 is 4.74 Å². The molecule has 0 atom stereocenters. The summed E-state index contributed by atoms with van der Waals surface area (Å²) < 4.78 is 5.40. The maximum absolute atomic E-state index is 5.57. The van der Waals surface area contributed by atoms with Gasteiger partial charge in [-0.25, -0.2) is 4.98 Å². The molecule has 3 heteroatoms. The van der Waals surface area contributed by atoms with Crippen LogP contribution >= 0.6 is 0 Å². The van der Waals surface area contributed by atoms with Crippen LogP contribution in [0.25, 0.3) is 0 Å². The zero-order chi connectivity index (χ0) is 9.52. The van der Waals surface area contributed by atoms with Gasteiger partial charge in [0.2, 0.25) is 5.88 Å². The highest BCUT2D eigenvalue weighted by Gasteiger charge is 1.94. The lowest BCUT2D eigenvalue weighted by molar-refractivity contribution is 0.295. The number of anilines is 1. The second-order valence-electron chi connectivity index (χ2n) is 2.98. The van der Waals surface area contributed by atoms with E-state index in [0.29, 0.717) is 11.6 Å². The Kier molecular flexibility index (Phi) is 4.09. The number of rotatable bonds is 5. The van der Waals surface area contributed by atoms with Gasteiger partial charge in [-0.2, -0.15) is 0 Å². The smallest absolute Gasteiger partial charge is 0.215 e. The van der Waals surface area contributed by atoms with Crippen molar-refractivity contribution in [3.05, 3.63) is 18.3 Å². The van der Waals surface area contributed by atoms with Gasteiger partial charge in [0.1, 0.15) is 0 Å². The average molecular weight is 180 g/mol. The van der Waals surface area contributed by atoms with Crippen molar-refractivity contribution in [3.8, 4) is 5.88 Å². The monoisotopic (exact) mass is 180 g/mol. The molecule has 0 aliphatic heterocycles. The Morgan fingerprint density at radius 1 is 1.46 bits per heavy atom. The molecule has 0 bridgehead atoms. The maximum Gasteiger partial charge on any atom is 0.215 e. The van der Waals surface area contributed by atoms with E-state index in [1.807, 2.05) is 0 Å². The van der Waals surface area contributed by atoms with E-state index >= 15 is 0 Å². The number of unbranched alkanes of at least 4 members (excludes halogenated alkanes) is 2. The van der Waals surface area contributed by atoms with Crippen LogP contribution in [0.5, 0.6) is 5.88 Å². The maximum atomic E-state index is 5.57. The average Bonchev–Trinajstić information content (AvgIpc) is 2.13. The highest BCUT2D eigenvalue weighted by atomic mass is 16.5. The number of pyridine rings is 1. The summed E-state index contributed by atoms with van der Waals surface area (Å²) in [5, 5.41) is 0.